The van der Waals surface area contributed by atoms with Crippen molar-refractivity contribution in [1.82, 2.24) is 9.88 Å². The van der Waals surface area contributed by atoms with Gasteiger partial charge in [-0.3, -0.25) is 4.79 Å². The first-order valence-electron chi connectivity index (χ1n) is 6.35. The highest BCUT2D eigenvalue weighted by molar-refractivity contribution is 5.92. The normalized spacial score (nSPS) is 12.9. The summed E-state index contributed by atoms with van der Waals surface area (Å²) < 4.78 is 7.00. The summed E-state index contributed by atoms with van der Waals surface area (Å²) in [5.74, 6) is 0.00844. The van der Waals surface area contributed by atoms with Gasteiger partial charge in [0.05, 0.1) is 5.69 Å². The molecule has 0 spiro atoms. The van der Waals surface area contributed by atoms with E-state index in [1.807, 2.05) is 44.5 Å². The molecule has 0 saturated carbocycles. The van der Waals surface area contributed by atoms with Crippen molar-refractivity contribution >= 4 is 11.9 Å². The van der Waals surface area contributed by atoms with Gasteiger partial charge in [-0.15, -0.1) is 0 Å². The lowest BCUT2D eigenvalue weighted by Gasteiger charge is -2.21. The third-order valence-electron chi connectivity index (χ3n) is 2.56. The first kappa shape index (κ1) is 15.3. The van der Waals surface area contributed by atoms with Crippen LogP contribution in [-0.4, -0.2) is 28.6 Å². The maximum atomic E-state index is 11.5. The summed E-state index contributed by atoms with van der Waals surface area (Å²) in [6.45, 7) is 9.31. The van der Waals surface area contributed by atoms with Crippen LogP contribution < -0.4 is 5.32 Å². The lowest BCUT2D eigenvalue weighted by atomic mass is 10.2. The molecule has 1 atom stereocenters. The summed E-state index contributed by atoms with van der Waals surface area (Å²) in [4.78, 5) is 23.0. The Morgan fingerprint density at radius 3 is 2.58 bits per heavy atom. The molecule has 0 aliphatic heterocycles. The Balaban J connectivity index is 2.56. The monoisotopic (exact) mass is 266 g/mol. The molecular weight excluding hydrogens is 244 g/mol. The van der Waals surface area contributed by atoms with E-state index in [9.17, 15) is 9.59 Å². The molecule has 0 radical (unpaired) electrons. The van der Waals surface area contributed by atoms with Crippen molar-refractivity contribution in [2.75, 3.05) is 6.54 Å². The molecule has 0 aliphatic carbocycles. The van der Waals surface area contributed by atoms with Crippen LogP contribution in [-0.2, 0) is 4.74 Å². The molecule has 1 amide bonds. The van der Waals surface area contributed by atoms with Crippen LogP contribution in [0.2, 0.25) is 0 Å². The number of Topliss-reactive ketones (excluding diaryl/α,β-unsaturated/α-hetero) is 1. The quantitative estimate of drug-likeness (QED) is 0.852. The van der Waals surface area contributed by atoms with Gasteiger partial charge < -0.3 is 14.6 Å². The summed E-state index contributed by atoms with van der Waals surface area (Å²) in [7, 11) is 0. The Morgan fingerprint density at radius 2 is 2.05 bits per heavy atom. The van der Waals surface area contributed by atoms with E-state index in [4.69, 9.17) is 4.74 Å². The summed E-state index contributed by atoms with van der Waals surface area (Å²) in [6.07, 6.45) is 1.38. The van der Waals surface area contributed by atoms with Crippen LogP contribution in [0, 0.1) is 0 Å². The van der Waals surface area contributed by atoms with E-state index < -0.39 is 11.7 Å². The van der Waals surface area contributed by atoms with E-state index >= 15 is 0 Å². The predicted octanol–water partition coefficient (Wildman–Crippen LogP) is 2.78. The number of hydrogen-bond donors (Lipinski definition) is 1. The predicted molar refractivity (Wildman–Crippen MR) is 73.4 cm³/mol. The number of hydrogen-bond acceptors (Lipinski definition) is 3. The van der Waals surface area contributed by atoms with Crippen molar-refractivity contribution in [1.29, 1.82) is 0 Å². The van der Waals surface area contributed by atoms with Gasteiger partial charge in [-0.2, -0.15) is 0 Å². The highest BCUT2D eigenvalue weighted by Gasteiger charge is 2.17. The smallest absolute Gasteiger partial charge is 0.407 e. The molecule has 0 bridgehead atoms. The van der Waals surface area contributed by atoms with E-state index in [1.54, 1.807) is 6.07 Å². The van der Waals surface area contributed by atoms with Crippen LogP contribution in [0.5, 0.6) is 0 Å². The van der Waals surface area contributed by atoms with Gasteiger partial charge >= 0.3 is 6.09 Å². The second-order valence-corrected chi connectivity index (χ2v) is 5.59. The molecule has 0 aromatic carbocycles. The van der Waals surface area contributed by atoms with Gasteiger partial charge in [0, 0.05) is 25.7 Å². The molecule has 0 fully saturated rings. The molecule has 1 aromatic heterocycles. The minimum Gasteiger partial charge on any atom is -0.444 e. The van der Waals surface area contributed by atoms with Crippen LogP contribution in [0.4, 0.5) is 4.79 Å². The number of carbonyl (C=O) groups excluding carboxylic acids is 2. The lowest BCUT2D eigenvalue weighted by molar-refractivity contribution is 0.0521. The lowest BCUT2D eigenvalue weighted by Crippen LogP contribution is -2.35. The molecule has 5 nitrogen and oxygen atoms in total. The minimum absolute atomic E-state index is 0.00844. The van der Waals surface area contributed by atoms with Gasteiger partial charge in [-0.05, 0) is 39.8 Å². The summed E-state index contributed by atoms with van der Waals surface area (Å²) >= 11 is 0. The number of rotatable bonds is 4. The molecular formula is C14H22N2O3. The molecule has 1 aromatic rings. The average Bonchev–Trinajstić information content (AvgIpc) is 2.72. The fourth-order valence-corrected chi connectivity index (χ4v) is 1.72. The van der Waals surface area contributed by atoms with Crippen LogP contribution in [0.15, 0.2) is 18.3 Å². The Kier molecular flexibility index (Phi) is 4.75. The minimum atomic E-state index is -0.509. The zero-order chi connectivity index (χ0) is 14.6. The largest absolute Gasteiger partial charge is 0.444 e. The van der Waals surface area contributed by atoms with Crippen molar-refractivity contribution in [3.63, 3.8) is 0 Å². The van der Waals surface area contributed by atoms with Crippen LogP contribution >= 0.6 is 0 Å². The molecule has 0 aliphatic rings. The van der Waals surface area contributed by atoms with Crippen molar-refractivity contribution in [2.24, 2.45) is 0 Å². The molecule has 1 heterocycles. The fraction of sp³-hybridized carbons (Fsp3) is 0.571. The van der Waals surface area contributed by atoms with Gasteiger partial charge in [0.2, 0.25) is 0 Å². The SMILES string of the molecule is CC(=O)c1cccn1C(C)CNC(=O)OC(C)(C)C. The standard InChI is InChI=1S/C14H22N2O3/c1-10(9-15-13(18)19-14(3,4)5)16-8-6-7-12(16)11(2)17/h6-8,10H,9H2,1-5H3,(H,15,18). The maximum Gasteiger partial charge on any atom is 0.407 e. The van der Waals surface area contributed by atoms with Crippen LogP contribution in [0.25, 0.3) is 0 Å². The van der Waals surface area contributed by atoms with Gasteiger partial charge in [-0.1, -0.05) is 0 Å². The van der Waals surface area contributed by atoms with Crippen molar-refractivity contribution < 1.29 is 14.3 Å². The molecule has 106 valence electrons. The number of aromatic nitrogens is 1. The number of alkyl carbamates (subject to hydrolysis) is 1. The van der Waals surface area contributed by atoms with Gasteiger partial charge in [0.25, 0.3) is 0 Å². The van der Waals surface area contributed by atoms with Crippen LogP contribution in [0.1, 0.15) is 51.1 Å². The molecule has 1 unspecified atom stereocenters. The first-order valence-corrected chi connectivity index (χ1v) is 6.35. The highest BCUT2D eigenvalue weighted by atomic mass is 16.6. The Hall–Kier alpha value is -1.78. The number of ether oxygens (including phenoxy) is 1. The van der Waals surface area contributed by atoms with Gasteiger partial charge in [0.1, 0.15) is 5.60 Å². The number of carbonyl (C=O) groups is 2. The summed E-state index contributed by atoms with van der Waals surface area (Å²) in [6, 6.07) is 3.58. The maximum absolute atomic E-state index is 11.5. The highest BCUT2D eigenvalue weighted by Crippen LogP contribution is 2.12. The van der Waals surface area contributed by atoms with Gasteiger partial charge in [0.15, 0.2) is 5.78 Å². The Labute approximate surface area is 113 Å². The Bertz CT molecular complexity index is 458. The van der Waals surface area contributed by atoms with Crippen molar-refractivity contribution in [3.05, 3.63) is 24.0 Å². The third-order valence-corrected chi connectivity index (χ3v) is 2.56. The molecule has 1 N–H and O–H groups in total. The Morgan fingerprint density at radius 1 is 1.42 bits per heavy atom. The molecule has 1 rings (SSSR count). The van der Waals surface area contributed by atoms with Crippen molar-refractivity contribution in [3.8, 4) is 0 Å². The summed E-state index contributed by atoms with van der Waals surface area (Å²) in [5, 5.41) is 2.70. The molecule has 5 heteroatoms. The van der Waals surface area contributed by atoms with E-state index in [0.717, 1.165) is 0 Å². The van der Waals surface area contributed by atoms with E-state index in [1.165, 1.54) is 6.92 Å². The van der Waals surface area contributed by atoms with E-state index in [2.05, 4.69) is 5.32 Å². The average molecular weight is 266 g/mol. The second kappa shape index (κ2) is 5.91. The number of nitrogens with one attached hydrogen (secondary N) is 1. The number of ketones is 1. The fourth-order valence-electron chi connectivity index (χ4n) is 1.72. The zero-order valence-corrected chi connectivity index (χ0v) is 12.2. The second-order valence-electron chi connectivity index (χ2n) is 5.59. The first-order chi connectivity index (χ1) is 8.70. The zero-order valence-electron chi connectivity index (χ0n) is 12.2. The summed E-state index contributed by atoms with van der Waals surface area (Å²) in [5.41, 5.74) is 0.129. The number of nitrogens with zero attached hydrogens (tertiary/aromatic N) is 1. The van der Waals surface area contributed by atoms with Gasteiger partial charge in [-0.25, -0.2) is 4.79 Å². The molecule has 0 saturated heterocycles. The number of amides is 1. The molecule has 19 heavy (non-hydrogen) atoms. The third kappa shape index (κ3) is 4.77. The van der Waals surface area contributed by atoms with Crippen LogP contribution in [0.3, 0.4) is 0 Å². The van der Waals surface area contributed by atoms with E-state index in [-0.39, 0.29) is 11.8 Å². The topological polar surface area (TPSA) is 60.3 Å². The van der Waals surface area contributed by atoms with E-state index in [0.29, 0.717) is 12.2 Å². The van der Waals surface area contributed by atoms with Crippen molar-refractivity contribution in [2.45, 2.75) is 46.3 Å².